The fourth-order valence-corrected chi connectivity index (χ4v) is 6.13. The summed E-state index contributed by atoms with van der Waals surface area (Å²) < 4.78 is 27.2. The third-order valence-corrected chi connectivity index (χ3v) is 8.13. The molecule has 8 nitrogen and oxygen atoms in total. The smallest absolute Gasteiger partial charge is 0.289 e. The number of hydrogen-bond donors (Lipinski definition) is 0. The summed E-state index contributed by atoms with van der Waals surface area (Å²) >= 11 is 0. The van der Waals surface area contributed by atoms with E-state index in [4.69, 9.17) is 0 Å². The molecule has 2 aromatic carbocycles. The van der Waals surface area contributed by atoms with Gasteiger partial charge >= 0.3 is 0 Å². The molecule has 0 N–H and O–H groups in total. The van der Waals surface area contributed by atoms with E-state index in [1.165, 1.54) is 39.7 Å². The highest BCUT2D eigenvalue weighted by atomic mass is 32.2. The Morgan fingerprint density at radius 2 is 1.71 bits per heavy atom. The van der Waals surface area contributed by atoms with Crippen LogP contribution >= 0.6 is 0 Å². The Morgan fingerprint density at radius 3 is 2.45 bits per heavy atom. The molecule has 1 fully saturated rings. The van der Waals surface area contributed by atoms with Crippen molar-refractivity contribution in [1.29, 1.82) is 0 Å². The van der Waals surface area contributed by atoms with Crippen LogP contribution in [0.4, 0.5) is 5.69 Å². The Kier molecular flexibility index (Phi) is 6.06. The largest absolute Gasteiger partial charge is 0.340 e. The number of sulfonamides is 1. The van der Waals surface area contributed by atoms with Crippen LogP contribution in [0.25, 0.3) is 0 Å². The first-order valence-corrected chi connectivity index (χ1v) is 11.9. The fraction of sp³-hybridized carbons (Fsp3) is 0.409. The molecule has 1 amide bonds. The van der Waals surface area contributed by atoms with E-state index in [2.05, 4.69) is 12.1 Å². The van der Waals surface area contributed by atoms with E-state index in [0.29, 0.717) is 6.42 Å². The maximum Gasteiger partial charge on any atom is 0.289 e. The van der Waals surface area contributed by atoms with E-state index in [-0.39, 0.29) is 42.9 Å². The SMILES string of the molecule is O=C(CC1CCCc2ccccc21)N1CCN(S(=O)(=O)c2ccccc2[N+](=O)[O-])CC1. The molecule has 0 bridgehead atoms. The van der Waals surface area contributed by atoms with Crippen LogP contribution in [-0.2, 0) is 21.2 Å². The number of nitro groups is 1. The first-order valence-electron chi connectivity index (χ1n) is 10.5. The Morgan fingerprint density at radius 1 is 1.03 bits per heavy atom. The van der Waals surface area contributed by atoms with Gasteiger partial charge in [0.25, 0.3) is 5.69 Å². The van der Waals surface area contributed by atoms with Crippen molar-refractivity contribution in [3.05, 3.63) is 69.8 Å². The Balaban J connectivity index is 1.41. The molecule has 1 heterocycles. The van der Waals surface area contributed by atoms with Crippen LogP contribution in [0.5, 0.6) is 0 Å². The maximum absolute atomic E-state index is 13.0. The molecule has 1 aliphatic heterocycles. The fourth-order valence-electron chi connectivity index (χ4n) is 4.55. The number of benzene rings is 2. The van der Waals surface area contributed by atoms with Crippen LogP contribution in [-0.4, -0.2) is 54.6 Å². The lowest BCUT2D eigenvalue weighted by Gasteiger charge is -2.35. The molecule has 164 valence electrons. The minimum Gasteiger partial charge on any atom is -0.340 e. The number of rotatable bonds is 5. The van der Waals surface area contributed by atoms with E-state index >= 15 is 0 Å². The molecule has 2 aromatic rings. The van der Waals surface area contributed by atoms with Gasteiger partial charge in [0, 0.05) is 38.7 Å². The molecule has 0 aromatic heterocycles. The number of aryl methyl sites for hydroxylation is 1. The normalized spacial score (nSPS) is 19.6. The van der Waals surface area contributed by atoms with E-state index in [1.807, 2.05) is 12.1 Å². The van der Waals surface area contributed by atoms with Crippen LogP contribution in [0.3, 0.4) is 0 Å². The van der Waals surface area contributed by atoms with E-state index in [9.17, 15) is 23.3 Å². The zero-order valence-electron chi connectivity index (χ0n) is 17.1. The average molecular weight is 444 g/mol. The van der Waals surface area contributed by atoms with Gasteiger partial charge in [0.1, 0.15) is 0 Å². The van der Waals surface area contributed by atoms with Crippen molar-refractivity contribution in [2.75, 3.05) is 26.2 Å². The lowest BCUT2D eigenvalue weighted by Crippen LogP contribution is -2.50. The van der Waals surface area contributed by atoms with Crippen molar-refractivity contribution in [3.63, 3.8) is 0 Å². The third-order valence-electron chi connectivity index (χ3n) is 6.19. The number of para-hydroxylation sites is 1. The van der Waals surface area contributed by atoms with Crippen molar-refractivity contribution in [2.24, 2.45) is 0 Å². The number of nitro benzene ring substituents is 1. The number of carbonyl (C=O) groups is 1. The van der Waals surface area contributed by atoms with Crippen LogP contribution < -0.4 is 0 Å². The second-order valence-corrected chi connectivity index (χ2v) is 9.91. The number of hydrogen-bond acceptors (Lipinski definition) is 5. The summed E-state index contributed by atoms with van der Waals surface area (Å²) in [5, 5.41) is 11.2. The number of amides is 1. The Hall–Kier alpha value is -2.78. The van der Waals surface area contributed by atoms with Crippen LogP contribution in [0.1, 0.15) is 36.3 Å². The predicted molar refractivity (Wildman–Crippen MR) is 115 cm³/mol. The quantitative estimate of drug-likeness (QED) is 0.522. The second-order valence-electron chi connectivity index (χ2n) is 8.00. The Bertz CT molecular complexity index is 1090. The van der Waals surface area contributed by atoms with E-state index in [0.717, 1.165) is 19.3 Å². The molecule has 31 heavy (non-hydrogen) atoms. The van der Waals surface area contributed by atoms with Crippen molar-refractivity contribution in [1.82, 2.24) is 9.21 Å². The summed E-state index contributed by atoms with van der Waals surface area (Å²) in [5.74, 6) is 0.232. The van der Waals surface area contributed by atoms with Crippen LogP contribution in [0, 0.1) is 10.1 Å². The third kappa shape index (κ3) is 4.33. The summed E-state index contributed by atoms with van der Waals surface area (Å²) in [7, 11) is -4.00. The summed E-state index contributed by atoms with van der Waals surface area (Å²) in [6.45, 7) is 0.822. The highest BCUT2D eigenvalue weighted by Gasteiger charge is 2.35. The van der Waals surface area contributed by atoms with Crippen molar-refractivity contribution >= 4 is 21.6 Å². The molecule has 0 spiro atoms. The summed E-state index contributed by atoms with van der Waals surface area (Å²) in [5.41, 5.74) is 2.13. The van der Waals surface area contributed by atoms with Gasteiger partial charge in [-0.15, -0.1) is 0 Å². The molecule has 1 atom stereocenters. The van der Waals surface area contributed by atoms with Gasteiger partial charge < -0.3 is 4.90 Å². The molecule has 4 rings (SSSR count). The van der Waals surface area contributed by atoms with Gasteiger partial charge in [-0.25, -0.2) is 8.42 Å². The number of carbonyl (C=O) groups excluding carboxylic acids is 1. The second kappa shape index (κ2) is 8.76. The molecule has 1 unspecified atom stereocenters. The minimum absolute atomic E-state index is 0.0319. The van der Waals surface area contributed by atoms with Gasteiger partial charge in [-0.05, 0) is 42.4 Å². The molecule has 0 saturated carbocycles. The summed E-state index contributed by atoms with van der Waals surface area (Å²) in [4.78, 5) is 24.9. The molecule has 0 radical (unpaired) electrons. The summed E-state index contributed by atoms with van der Waals surface area (Å²) in [6.07, 6.45) is 3.52. The van der Waals surface area contributed by atoms with Gasteiger partial charge in [0.15, 0.2) is 4.90 Å². The molecular weight excluding hydrogens is 418 g/mol. The number of fused-ring (bicyclic) bond motifs is 1. The zero-order chi connectivity index (χ0) is 22.0. The van der Waals surface area contributed by atoms with Gasteiger partial charge in [0.2, 0.25) is 15.9 Å². The van der Waals surface area contributed by atoms with Crippen molar-refractivity contribution in [2.45, 2.75) is 36.5 Å². The van der Waals surface area contributed by atoms with Crippen LogP contribution in [0.2, 0.25) is 0 Å². The lowest BCUT2D eigenvalue weighted by molar-refractivity contribution is -0.387. The van der Waals surface area contributed by atoms with Gasteiger partial charge in [-0.1, -0.05) is 36.4 Å². The zero-order valence-corrected chi connectivity index (χ0v) is 18.0. The highest BCUT2D eigenvalue weighted by molar-refractivity contribution is 7.89. The average Bonchev–Trinajstić information content (AvgIpc) is 2.79. The van der Waals surface area contributed by atoms with Gasteiger partial charge in [-0.3, -0.25) is 14.9 Å². The molecule has 9 heteroatoms. The molecule has 1 saturated heterocycles. The number of nitrogens with zero attached hydrogens (tertiary/aromatic N) is 3. The molecule has 1 aliphatic carbocycles. The van der Waals surface area contributed by atoms with Gasteiger partial charge in [-0.2, -0.15) is 4.31 Å². The maximum atomic E-state index is 13.0. The minimum atomic E-state index is -4.00. The molecule has 2 aliphatic rings. The number of piperazine rings is 1. The first-order chi connectivity index (χ1) is 14.9. The topological polar surface area (TPSA) is 101 Å². The molecular formula is C22H25N3O5S. The standard InChI is InChI=1S/C22H25N3O5S/c26-22(16-18-8-5-7-17-6-1-2-9-19(17)18)23-12-14-24(15-13-23)31(29,30)21-11-4-3-10-20(21)25(27)28/h1-4,6,9-11,18H,5,7-8,12-16H2. The highest BCUT2D eigenvalue weighted by Crippen LogP contribution is 2.34. The lowest BCUT2D eigenvalue weighted by atomic mass is 9.81. The first kappa shape index (κ1) is 21.5. The van der Waals surface area contributed by atoms with E-state index in [1.54, 1.807) is 4.90 Å². The van der Waals surface area contributed by atoms with E-state index < -0.39 is 20.6 Å². The summed E-state index contributed by atoms with van der Waals surface area (Å²) in [6, 6.07) is 13.6. The van der Waals surface area contributed by atoms with Crippen LogP contribution in [0.15, 0.2) is 53.4 Å². The van der Waals surface area contributed by atoms with Crippen molar-refractivity contribution < 1.29 is 18.1 Å². The van der Waals surface area contributed by atoms with Crippen molar-refractivity contribution in [3.8, 4) is 0 Å². The van der Waals surface area contributed by atoms with Gasteiger partial charge in [0.05, 0.1) is 4.92 Å². The predicted octanol–water partition coefficient (Wildman–Crippen LogP) is 2.94. The Labute approximate surface area is 181 Å². The monoisotopic (exact) mass is 443 g/mol.